The van der Waals surface area contributed by atoms with Crippen molar-refractivity contribution >= 4 is 23.2 Å². The number of hydrogen-bond donors (Lipinski definition) is 1. The quantitative estimate of drug-likeness (QED) is 0.350. The zero-order valence-corrected chi connectivity index (χ0v) is 20.4. The predicted molar refractivity (Wildman–Crippen MR) is 136 cm³/mol. The van der Waals surface area contributed by atoms with Gasteiger partial charge in [-0.3, -0.25) is 19.3 Å². The summed E-state index contributed by atoms with van der Waals surface area (Å²) in [6, 6.07) is 16.4. The minimum absolute atomic E-state index is 0.0876. The fourth-order valence-corrected chi connectivity index (χ4v) is 3.59. The molecule has 188 valence electrons. The highest BCUT2D eigenvalue weighted by molar-refractivity contribution is 6.30. The van der Waals surface area contributed by atoms with Gasteiger partial charge in [0.05, 0.1) is 12.2 Å². The average molecular weight is 521 g/mol. The van der Waals surface area contributed by atoms with E-state index in [1.54, 1.807) is 48.5 Å². The van der Waals surface area contributed by atoms with E-state index in [1.165, 1.54) is 22.9 Å². The van der Waals surface area contributed by atoms with Crippen LogP contribution in [0, 0.1) is 4.91 Å². The van der Waals surface area contributed by atoms with Crippen LogP contribution in [0.15, 0.2) is 86.6 Å². The number of hydrogen-bond acceptors (Lipinski definition) is 7. The Morgan fingerprint density at radius 1 is 1.03 bits per heavy atom. The molecule has 2 heterocycles. The number of halogens is 1. The van der Waals surface area contributed by atoms with Crippen molar-refractivity contribution in [2.75, 3.05) is 0 Å². The van der Waals surface area contributed by atoms with E-state index in [1.807, 2.05) is 6.92 Å². The highest BCUT2D eigenvalue weighted by Crippen LogP contribution is 2.24. The third-order valence-corrected chi connectivity index (χ3v) is 5.48. The molecule has 4 rings (SSSR count). The molecular weight excluding hydrogens is 500 g/mol. The zero-order chi connectivity index (χ0) is 26.4. The summed E-state index contributed by atoms with van der Waals surface area (Å²) in [5.41, 5.74) is 0.187. The van der Waals surface area contributed by atoms with Crippen molar-refractivity contribution in [1.29, 1.82) is 0 Å². The fraction of sp³-hybridized carbons (Fsp3) is 0.160. The molecule has 0 aliphatic rings. The number of pyridine rings is 1. The van der Waals surface area contributed by atoms with Gasteiger partial charge in [0, 0.05) is 29.0 Å². The van der Waals surface area contributed by atoms with Crippen LogP contribution in [-0.2, 0) is 13.1 Å². The van der Waals surface area contributed by atoms with E-state index in [9.17, 15) is 19.3 Å². The van der Waals surface area contributed by atoms with Crippen LogP contribution in [-0.4, -0.2) is 25.0 Å². The van der Waals surface area contributed by atoms with Crippen LogP contribution < -0.4 is 21.7 Å². The Hall–Kier alpha value is -4.64. The third-order valence-electron chi connectivity index (χ3n) is 5.22. The van der Waals surface area contributed by atoms with Crippen LogP contribution in [0.1, 0.15) is 29.4 Å². The second-order valence-electron chi connectivity index (χ2n) is 7.88. The maximum absolute atomic E-state index is 13.2. The van der Waals surface area contributed by atoms with Crippen molar-refractivity contribution < 1.29 is 9.53 Å². The maximum Gasteiger partial charge on any atom is 0.335 e. The number of H-pyrrole nitrogens is 1. The molecule has 0 saturated carbocycles. The highest BCUT2D eigenvalue weighted by atomic mass is 35.5. The van der Waals surface area contributed by atoms with Gasteiger partial charge in [-0.1, -0.05) is 30.7 Å². The molecule has 37 heavy (non-hydrogen) atoms. The van der Waals surface area contributed by atoms with E-state index in [4.69, 9.17) is 16.3 Å². The molecule has 1 amide bonds. The summed E-state index contributed by atoms with van der Waals surface area (Å²) in [6.07, 6.45) is 1.94. The molecule has 11 nitrogen and oxygen atoms in total. The van der Waals surface area contributed by atoms with Crippen LogP contribution in [0.2, 0.25) is 5.02 Å². The molecule has 0 aliphatic carbocycles. The molecule has 0 fully saturated rings. The zero-order valence-electron chi connectivity index (χ0n) is 19.6. The van der Waals surface area contributed by atoms with E-state index < -0.39 is 17.3 Å². The molecule has 0 aliphatic heterocycles. The van der Waals surface area contributed by atoms with E-state index in [2.05, 4.69) is 20.1 Å². The largest absolute Gasteiger partial charge is 0.457 e. The summed E-state index contributed by atoms with van der Waals surface area (Å²) in [7, 11) is 0. The Bertz CT molecular complexity index is 1620. The first-order valence-electron chi connectivity index (χ1n) is 11.2. The Labute approximate surface area is 214 Å². The molecule has 0 spiro atoms. The molecule has 0 atom stereocenters. The normalized spacial score (nSPS) is 11.4. The summed E-state index contributed by atoms with van der Waals surface area (Å²) in [5, 5.41) is 2.92. The van der Waals surface area contributed by atoms with Gasteiger partial charge in [-0.05, 0) is 54.4 Å². The second kappa shape index (κ2) is 11.4. The summed E-state index contributed by atoms with van der Waals surface area (Å²) >= 11 is 5.98. The predicted octanol–water partition coefficient (Wildman–Crippen LogP) is 3.78. The topological polar surface area (TPSA) is 141 Å². The number of carbonyl (C=O) groups excluding carboxylic acids is 1. The van der Waals surface area contributed by atoms with Gasteiger partial charge in [0.15, 0.2) is 0 Å². The molecule has 2 aromatic carbocycles. The van der Waals surface area contributed by atoms with Gasteiger partial charge in [-0.15, -0.1) is 4.91 Å². The van der Waals surface area contributed by atoms with Crippen LogP contribution in [0.5, 0.6) is 11.5 Å². The van der Waals surface area contributed by atoms with Gasteiger partial charge in [-0.25, -0.2) is 19.1 Å². The van der Waals surface area contributed by atoms with Crippen molar-refractivity contribution in [1.82, 2.24) is 19.1 Å². The molecule has 2 aromatic heterocycles. The number of nitroso groups, excluding NO2 is 1. The number of ether oxygens (including phenoxy) is 1. The molecule has 0 unspecified atom stereocenters. The smallest absolute Gasteiger partial charge is 0.335 e. The minimum atomic E-state index is -0.999. The van der Waals surface area contributed by atoms with E-state index in [-0.39, 0.29) is 30.2 Å². The van der Waals surface area contributed by atoms with Crippen LogP contribution in [0.4, 0.5) is 5.69 Å². The van der Waals surface area contributed by atoms with Crippen LogP contribution >= 0.6 is 11.6 Å². The maximum atomic E-state index is 13.2. The molecule has 1 N–H and O–H groups in total. The standard InChI is InChI=1S/C25H21ClN6O5/c1-2-13-31-24(34)29-23(32(25(31)35)15-16-3-5-17(26)6-4-16)28-18-7-9-19(10-8-18)37-20-11-12-27-21(14-20)22(33)30-36/h3-12,14H,2,13,15H2,1H3,(H,28,29,34). The van der Waals surface area contributed by atoms with Gasteiger partial charge >= 0.3 is 17.3 Å². The van der Waals surface area contributed by atoms with Gasteiger partial charge in [0.1, 0.15) is 17.2 Å². The van der Waals surface area contributed by atoms with E-state index in [0.29, 0.717) is 22.9 Å². The first-order valence-corrected chi connectivity index (χ1v) is 11.6. The van der Waals surface area contributed by atoms with Crippen molar-refractivity contribution in [2.24, 2.45) is 10.2 Å². The minimum Gasteiger partial charge on any atom is -0.457 e. The first kappa shape index (κ1) is 25.5. The first-order chi connectivity index (χ1) is 17.9. The lowest BCUT2D eigenvalue weighted by atomic mass is 10.2. The lowest BCUT2D eigenvalue weighted by molar-refractivity contribution is 0.0995. The monoisotopic (exact) mass is 520 g/mol. The summed E-state index contributed by atoms with van der Waals surface area (Å²) < 4.78 is 8.24. The van der Waals surface area contributed by atoms with Gasteiger partial charge in [0.25, 0.3) is 0 Å². The van der Waals surface area contributed by atoms with Gasteiger partial charge in [0.2, 0.25) is 5.62 Å². The third kappa shape index (κ3) is 6.14. The molecular formula is C25H21ClN6O5. The Morgan fingerprint density at radius 2 is 1.76 bits per heavy atom. The van der Waals surface area contributed by atoms with Crippen molar-refractivity contribution in [2.45, 2.75) is 26.4 Å². The van der Waals surface area contributed by atoms with Gasteiger partial charge < -0.3 is 4.74 Å². The molecule has 0 bridgehead atoms. The van der Waals surface area contributed by atoms with Crippen molar-refractivity contribution in [3.63, 3.8) is 0 Å². The lowest BCUT2D eigenvalue weighted by Crippen LogP contribution is -2.50. The number of nitrogens with one attached hydrogen (secondary N) is 1. The molecule has 12 heteroatoms. The Balaban J connectivity index is 1.68. The molecule has 0 radical (unpaired) electrons. The summed E-state index contributed by atoms with van der Waals surface area (Å²) in [4.78, 5) is 58.6. The number of nitrogens with zero attached hydrogens (tertiary/aromatic N) is 5. The summed E-state index contributed by atoms with van der Waals surface area (Å²) in [6.45, 7) is 2.32. The number of carbonyl (C=O) groups is 1. The van der Waals surface area contributed by atoms with E-state index in [0.717, 1.165) is 10.1 Å². The fourth-order valence-electron chi connectivity index (χ4n) is 3.46. The van der Waals surface area contributed by atoms with Crippen molar-refractivity contribution in [3.8, 4) is 11.5 Å². The number of amides is 1. The lowest BCUT2D eigenvalue weighted by Gasteiger charge is -2.11. The second-order valence-corrected chi connectivity index (χ2v) is 8.32. The van der Waals surface area contributed by atoms with Crippen LogP contribution in [0.3, 0.4) is 0 Å². The molecule has 4 aromatic rings. The average Bonchev–Trinajstić information content (AvgIpc) is 2.90. The number of rotatable bonds is 8. The summed E-state index contributed by atoms with van der Waals surface area (Å²) in [5.74, 6) is -0.291. The number of benzene rings is 2. The molecule has 0 saturated heterocycles. The van der Waals surface area contributed by atoms with Crippen molar-refractivity contribution in [3.05, 3.63) is 115 Å². The van der Waals surface area contributed by atoms with Crippen LogP contribution in [0.25, 0.3) is 0 Å². The van der Waals surface area contributed by atoms with E-state index >= 15 is 0 Å². The Kier molecular flexibility index (Phi) is 7.84. The van der Waals surface area contributed by atoms with Gasteiger partial charge in [-0.2, -0.15) is 0 Å². The SMILES string of the molecule is CCCn1c(=O)[nH]/c(=N\c2ccc(Oc3ccnc(C(=O)N=O)c3)cc2)n(Cc2ccc(Cl)cc2)c1=O. The number of aromatic nitrogens is 4. The highest BCUT2D eigenvalue weighted by Gasteiger charge is 2.11. The Morgan fingerprint density at radius 3 is 2.43 bits per heavy atom. The number of aromatic amines is 1.